The van der Waals surface area contributed by atoms with Crippen LogP contribution in [0.1, 0.15) is 25.6 Å². The minimum absolute atomic E-state index is 0.382. The minimum atomic E-state index is 0.382. The van der Waals surface area contributed by atoms with Crippen LogP contribution in [0.15, 0.2) is 12.5 Å². The van der Waals surface area contributed by atoms with Gasteiger partial charge in [-0.05, 0) is 12.8 Å². The summed E-state index contributed by atoms with van der Waals surface area (Å²) in [5.74, 6) is 0.558. The lowest BCUT2D eigenvalue weighted by molar-refractivity contribution is 0.379. The molecule has 3 heteroatoms. The number of aromatic nitrogens is 2. The summed E-state index contributed by atoms with van der Waals surface area (Å²) in [5, 5.41) is 0. The van der Waals surface area contributed by atoms with Crippen molar-refractivity contribution >= 4 is 0 Å². The molecule has 12 heavy (non-hydrogen) atoms. The number of aryl methyl sites for hydroxylation is 1. The summed E-state index contributed by atoms with van der Waals surface area (Å²) in [5.41, 5.74) is 6.86. The fourth-order valence-electron chi connectivity index (χ4n) is 1.42. The number of rotatable bonds is 3. The van der Waals surface area contributed by atoms with E-state index in [0.29, 0.717) is 18.5 Å². The van der Waals surface area contributed by atoms with E-state index in [1.54, 1.807) is 0 Å². The molecule has 0 saturated heterocycles. The first kappa shape index (κ1) is 9.26. The van der Waals surface area contributed by atoms with Gasteiger partial charge in [0.05, 0.1) is 6.33 Å². The van der Waals surface area contributed by atoms with Crippen LogP contribution in [-0.4, -0.2) is 16.1 Å². The molecule has 68 valence electrons. The smallest absolute Gasteiger partial charge is 0.0951 e. The Labute approximate surface area is 73.6 Å². The molecule has 0 radical (unpaired) electrons. The van der Waals surface area contributed by atoms with Crippen LogP contribution >= 0.6 is 0 Å². The molecule has 1 heterocycles. The standard InChI is InChI=1S/C9H17N3/c1-7(2)9(4-10)12-6-11-5-8(12)3/h5-7,9H,4,10H2,1-3H3. The van der Waals surface area contributed by atoms with Crippen molar-refractivity contribution < 1.29 is 0 Å². The van der Waals surface area contributed by atoms with Gasteiger partial charge in [-0.1, -0.05) is 13.8 Å². The molecule has 1 unspecified atom stereocenters. The van der Waals surface area contributed by atoms with Crippen LogP contribution in [0.2, 0.25) is 0 Å². The zero-order valence-electron chi connectivity index (χ0n) is 7.99. The summed E-state index contributed by atoms with van der Waals surface area (Å²) < 4.78 is 2.14. The first-order valence-electron chi connectivity index (χ1n) is 4.35. The van der Waals surface area contributed by atoms with Gasteiger partial charge in [0, 0.05) is 24.5 Å². The molecule has 0 bridgehead atoms. The van der Waals surface area contributed by atoms with Crippen molar-refractivity contribution in [2.24, 2.45) is 11.7 Å². The highest BCUT2D eigenvalue weighted by Gasteiger charge is 2.14. The van der Waals surface area contributed by atoms with Crippen LogP contribution in [0.5, 0.6) is 0 Å². The Morgan fingerprint density at radius 1 is 1.58 bits per heavy atom. The Kier molecular flexibility index (Phi) is 2.87. The Hall–Kier alpha value is -0.830. The fourth-order valence-corrected chi connectivity index (χ4v) is 1.42. The number of hydrogen-bond donors (Lipinski definition) is 1. The molecule has 3 nitrogen and oxygen atoms in total. The summed E-state index contributed by atoms with van der Waals surface area (Å²) in [6.45, 7) is 7.08. The van der Waals surface area contributed by atoms with Crippen molar-refractivity contribution in [3.05, 3.63) is 18.2 Å². The van der Waals surface area contributed by atoms with E-state index >= 15 is 0 Å². The first-order chi connectivity index (χ1) is 5.66. The van der Waals surface area contributed by atoms with Crippen LogP contribution in [0, 0.1) is 12.8 Å². The fraction of sp³-hybridized carbons (Fsp3) is 0.667. The lowest BCUT2D eigenvalue weighted by Gasteiger charge is -2.21. The van der Waals surface area contributed by atoms with Gasteiger partial charge in [0.1, 0.15) is 0 Å². The summed E-state index contributed by atoms with van der Waals surface area (Å²) in [4.78, 5) is 4.08. The van der Waals surface area contributed by atoms with Crippen LogP contribution in [0.25, 0.3) is 0 Å². The van der Waals surface area contributed by atoms with Gasteiger partial charge in [0.15, 0.2) is 0 Å². The van der Waals surface area contributed by atoms with E-state index < -0.39 is 0 Å². The van der Waals surface area contributed by atoms with Gasteiger partial charge in [0.2, 0.25) is 0 Å². The van der Waals surface area contributed by atoms with Crippen LogP contribution in [0.4, 0.5) is 0 Å². The van der Waals surface area contributed by atoms with Gasteiger partial charge < -0.3 is 10.3 Å². The molecule has 2 N–H and O–H groups in total. The van der Waals surface area contributed by atoms with Crippen molar-refractivity contribution in [2.75, 3.05) is 6.54 Å². The molecule has 1 aromatic rings. The van der Waals surface area contributed by atoms with E-state index in [1.165, 1.54) is 5.69 Å². The monoisotopic (exact) mass is 167 g/mol. The maximum absolute atomic E-state index is 5.69. The lowest BCUT2D eigenvalue weighted by Crippen LogP contribution is -2.24. The van der Waals surface area contributed by atoms with Crippen molar-refractivity contribution in [1.29, 1.82) is 0 Å². The second-order valence-corrected chi connectivity index (χ2v) is 3.49. The maximum atomic E-state index is 5.69. The highest BCUT2D eigenvalue weighted by Crippen LogP contribution is 2.17. The number of hydrogen-bond acceptors (Lipinski definition) is 2. The third-order valence-electron chi connectivity index (χ3n) is 2.23. The third-order valence-corrected chi connectivity index (χ3v) is 2.23. The Balaban J connectivity index is 2.87. The number of nitrogens with zero attached hydrogens (tertiary/aromatic N) is 2. The van der Waals surface area contributed by atoms with Crippen molar-refractivity contribution in [2.45, 2.75) is 26.8 Å². The van der Waals surface area contributed by atoms with Crippen molar-refractivity contribution in [3.8, 4) is 0 Å². The van der Waals surface area contributed by atoms with Gasteiger partial charge in [-0.25, -0.2) is 4.98 Å². The van der Waals surface area contributed by atoms with E-state index in [9.17, 15) is 0 Å². The van der Waals surface area contributed by atoms with Gasteiger partial charge in [0.25, 0.3) is 0 Å². The van der Waals surface area contributed by atoms with Gasteiger partial charge >= 0.3 is 0 Å². The average molecular weight is 167 g/mol. The molecular formula is C9H17N3. The van der Waals surface area contributed by atoms with Crippen molar-refractivity contribution in [1.82, 2.24) is 9.55 Å². The average Bonchev–Trinajstić information content (AvgIpc) is 2.38. The highest BCUT2D eigenvalue weighted by atomic mass is 15.1. The largest absolute Gasteiger partial charge is 0.330 e. The molecule has 0 aromatic carbocycles. The SMILES string of the molecule is Cc1cncn1C(CN)C(C)C. The molecule has 0 saturated carbocycles. The molecule has 1 atom stereocenters. The zero-order chi connectivity index (χ0) is 9.14. The van der Waals surface area contributed by atoms with E-state index in [0.717, 1.165) is 0 Å². The van der Waals surface area contributed by atoms with Gasteiger partial charge in [-0.3, -0.25) is 0 Å². The molecule has 0 aliphatic heterocycles. The highest BCUT2D eigenvalue weighted by molar-refractivity contribution is 4.97. The number of imidazole rings is 1. The van der Waals surface area contributed by atoms with E-state index in [4.69, 9.17) is 5.73 Å². The second kappa shape index (κ2) is 3.72. The lowest BCUT2D eigenvalue weighted by atomic mass is 10.0. The molecule has 0 fully saturated rings. The van der Waals surface area contributed by atoms with E-state index in [2.05, 4.69) is 30.3 Å². The Morgan fingerprint density at radius 2 is 2.25 bits per heavy atom. The molecular weight excluding hydrogens is 150 g/mol. The summed E-state index contributed by atoms with van der Waals surface area (Å²) in [6.07, 6.45) is 3.72. The summed E-state index contributed by atoms with van der Waals surface area (Å²) in [7, 11) is 0. The van der Waals surface area contributed by atoms with Crippen LogP contribution in [-0.2, 0) is 0 Å². The predicted molar refractivity (Wildman–Crippen MR) is 49.9 cm³/mol. The van der Waals surface area contributed by atoms with E-state index in [1.807, 2.05) is 12.5 Å². The number of nitrogens with two attached hydrogens (primary N) is 1. The Bertz CT molecular complexity index is 240. The predicted octanol–water partition coefficient (Wildman–Crippen LogP) is 1.35. The molecule has 1 rings (SSSR count). The van der Waals surface area contributed by atoms with Crippen molar-refractivity contribution in [3.63, 3.8) is 0 Å². The molecule has 0 aliphatic rings. The van der Waals surface area contributed by atoms with Gasteiger partial charge in [-0.2, -0.15) is 0 Å². The zero-order valence-corrected chi connectivity index (χ0v) is 7.99. The summed E-state index contributed by atoms with van der Waals surface area (Å²) >= 11 is 0. The van der Waals surface area contributed by atoms with Crippen LogP contribution in [0.3, 0.4) is 0 Å². The van der Waals surface area contributed by atoms with Gasteiger partial charge in [-0.15, -0.1) is 0 Å². The van der Waals surface area contributed by atoms with Crippen LogP contribution < -0.4 is 5.73 Å². The quantitative estimate of drug-likeness (QED) is 0.738. The molecule has 1 aromatic heterocycles. The Morgan fingerprint density at radius 3 is 2.58 bits per heavy atom. The maximum Gasteiger partial charge on any atom is 0.0951 e. The molecule has 0 amide bonds. The second-order valence-electron chi connectivity index (χ2n) is 3.49. The molecule has 0 spiro atoms. The van der Waals surface area contributed by atoms with E-state index in [-0.39, 0.29) is 0 Å². The minimum Gasteiger partial charge on any atom is -0.330 e. The first-order valence-corrected chi connectivity index (χ1v) is 4.35. The summed E-state index contributed by atoms with van der Waals surface area (Å²) in [6, 6.07) is 0.382. The normalized spacial score (nSPS) is 13.8. The topological polar surface area (TPSA) is 43.8 Å². The molecule has 0 aliphatic carbocycles. The third kappa shape index (κ3) is 1.67.